The van der Waals surface area contributed by atoms with Gasteiger partial charge in [0.05, 0.1) is 7.11 Å². The Hall–Kier alpha value is -1.06. The van der Waals surface area contributed by atoms with Crippen LogP contribution in [0.4, 0.5) is 0 Å². The highest BCUT2D eigenvalue weighted by Crippen LogP contribution is 2.16. The van der Waals surface area contributed by atoms with Gasteiger partial charge in [-0.25, -0.2) is 0 Å². The molecule has 0 saturated carbocycles. The van der Waals surface area contributed by atoms with E-state index in [0.29, 0.717) is 6.04 Å². The smallest absolute Gasteiger partial charge is 0.119 e. The molecule has 0 bridgehead atoms. The molecule has 1 aromatic carbocycles. The molecule has 0 radical (unpaired) electrons. The third-order valence-electron chi connectivity index (χ3n) is 3.08. The van der Waals surface area contributed by atoms with Gasteiger partial charge in [-0.1, -0.05) is 12.1 Å². The molecule has 88 valence electrons. The maximum atomic E-state index is 5.97. The zero-order valence-corrected chi connectivity index (χ0v) is 9.86. The molecule has 0 unspecified atom stereocenters. The summed E-state index contributed by atoms with van der Waals surface area (Å²) in [6.07, 6.45) is 2.37. The first-order chi connectivity index (χ1) is 7.78. The average Bonchev–Trinajstić information content (AvgIpc) is 2.29. The number of methoxy groups -OCH3 is 1. The van der Waals surface area contributed by atoms with Crippen LogP contribution in [0.5, 0.6) is 5.75 Å². The minimum Gasteiger partial charge on any atom is -0.497 e. The van der Waals surface area contributed by atoms with E-state index in [1.54, 1.807) is 7.11 Å². The molecule has 3 heteroatoms. The van der Waals surface area contributed by atoms with Crippen LogP contribution in [0.25, 0.3) is 0 Å². The van der Waals surface area contributed by atoms with Gasteiger partial charge in [0.25, 0.3) is 0 Å². The molecule has 1 heterocycles. The number of rotatable bonds is 3. The minimum atomic E-state index is 0.347. The summed E-state index contributed by atoms with van der Waals surface area (Å²) < 4.78 is 5.22. The molecule has 1 saturated heterocycles. The predicted molar refractivity (Wildman–Crippen MR) is 65.5 cm³/mol. The van der Waals surface area contributed by atoms with Crippen LogP contribution >= 0.6 is 0 Å². The second kappa shape index (κ2) is 5.32. The van der Waals surface area contributed by atoms with Crippen LogP contribution in [0.15, 0.2) is 24.3 Å². The Kier molecular flexibility index (Phi) is 3.80. The van der Waals surface area contributed by atoms with Crippen LogP contribution in [0.3, 0.4) is 0 Å². The van der Waals surface area contributed by atoms with Crippen molar-refractivity contribution in [1.29, 1.82) is 0 Å². The number of hydrogen-bond donors (Lipinski definition) is 1. The Labute approximate surface area is 97.2 Å². The van der Waals surface area contributed by atoms with Crippen molar-refractivity contribution >= 4 is 0 Å². The summed E-state index contributed by atoms with van der Waals surface area (Å²) in [6, 6.07) is 8.60. The van der Waals surface area contributed by atoms with E-state index in [1.807, 2.05) is 12.1 Å². The van der Waals surface area contributed by atoms with Gasteiger partial charge in [-0.15, -0.1) is 0 Å². The van der Waals surface area contributed by atoms with Gasteiger partial charge in [0.15, 0.2) is 0 Å². The average molecular weight is 220 g/mol. The molecule has 3 nitrogen and oxygen atoms in total. The third kappa shape index (κ3) is 2.97. The first-order valence-electron chi connectivity index (χ1n) is 5.89. The fourth-order valence-corrected chi connectivity index (χ4v) is 2.26. The molecule has 1 atom stereocenters. The van der Waals surface area contributed by atoms with Gasteiger partial charge in [0.2, 0.25) is 0 Å². The molecule has 1 aromatic rings. The zero-order chi connectivity index (χ0) is 11.4. The first kappa shape index (κ1) is 11.4. The van der Waals surface area contributed by atoms with Gasteiger partial charge in [-0.05, 0) is 37.1 Å². The maximum Gasteiger partial charge on any atom is 0.119 e. The number of piperidine rings is 1. The number of nitrogens with zero attached hydrogens (tertiary/aromatic N) is 1. The molecule has 2 rings (SSSR count). The van der Waals surface area contributed by atoms with E-state index in [2.05, 4.69) is 17.0 Å². The van der Waals surface area contributed by atoms with Crippen molar-refractivity contribution in [2.75, 3.05) is 20.2 Å². The molecular weight excluding hydrogens is 200 g/mol. The van der Waals surface area contributed by atoms with E-state index in [4.69, 9.17) is 10.5 Å². The van der Waals surface area contributed by atoms with Crippen molar-refractivity contribution in [1.82, 2.24) is 4.90 Å². The van der Waals surface area contributed by atoms with Crippen molar-refractivity contribution in [2.45, 2.75) is 25.4 Å². The van der Waals surface area contributed by atoms with Crippen LogP contribution in [-0.2, 0) is 6.54 Å². The fraction of sp³-hybridized carbons (Fsp3) is 0.538. The Morgan fingerprint density at radius 1 is 1.50 bits per heavy atom. The molecule has 1 aliphatic heterocycles. The summed E-state index contributed by atoms with van der Waals surface area (Å²) >= 11 is 0. The number of hydrogen-bond acceptors (Lipinski definition) is 3. The van der Waals surface area contributed by atoms with E-state index in [0.717, 1.165) is 31.8 Å². The number of ether oxygens (including phenoxy) is 1. The van der Waals surface area contributed by atoms with Gasteiger partial charge in [0, 0.05) is 19.1 Å². The van der Waals surface area contributed by atoms with Gasteiger partial charge in [-0.2, -0.15) is 0 Å². The summed E-state index contributed by atoms with van der Waals surface area (Å²) in [5.41, 5.74) is 7.27. The van der Waals surface area contributed by atoms with Crippen molar-refractivity contribution < 1.29 is 4.74 Å². The van der Waals surface area contributed by atoms with Gasteiger partial charge in [-0.3, -0.25) is 4.90 Å². The highest BCUT2D eigenvalue weighted by atomic mass is 16.5. The summed E-state index contributed by atoms with van der Waals surface area (Å²) in [7, 11) is 1.70. The van der Waals surface area contributed by atoms with E-state index in [9.17, 15) is 0 Å². The summed E-state index contributed by atoms with van der Waals surface area (Å²) in [6.45, 7) is 3.15. The fourth-order valence-electron chi connectivity index (χ4n) is 2.26. The SMILES string of the molecule is COc1cccc(CN2CCC[C@H](N)C2)c1. The summed E-state index contributed by atoms with van der Waals surface area (Å²) in [5.74, 6) is 0.929. The van der Waals surface area contributed by atoms with E-state index < -0.39 is 0 Å². The Balaban J connectivity index is 1.97. The van der Waals surface area contributed by atoms with Gasteiger partial charge in [0.1, 0.15) is 5.75 Å². The lowest BCUT2D eigenvalue weighted by Crippen LogP contribution is -2.42. The van der Waals surface area contributed by atoms with E-state index in [1.165, 1.54) is 12.0 Å². The van der Waals surface area contributed by atoms with Gasteiger partial charge < -0.3 is 10.5 Å². The highest BCUT2D eigenvalue weighted by molar-refractivity contribution is 5.28. The normalized spacial score (nSPS) is 22.0. The highest BCUT2D eigenvalue weighted by Gasteiger charge is 2.16. The maximum absolute atomic E-state index is 5.97. The monoisotopic (exact) mass is 220 g/mol. The molecular formula is C13H20N2O. The first-order valence-corrected chi connectivity index (χ1v) is 5.89. The lowest BCUT2D eigenvalue weighted by atomic mass is 10.1. The van der Waals surface area contributed by atoms with Gasteiger partial charge >= 0.3 is 0 Å². The quantitative estimate of drug-likeness (QED) is 0.841. The second-order valence-corrected chi connectivity index (χ2v) is 4.49. The lowest BCUT2D eigenvalue weighted by Gasteiger charge is -2.30. The van der Waals surface area contributed by atoms with E-state index >= 15 is 0 Å². The molecule has 0 amide bonds. The molecule has 0 aromatic heterocycles. The van der Waals surface area contributed by atoms with Crippen LogP contribution in [-0.4, -0.2) is 31.1 Å². The molecule has 2 N–H and O–H groups in total. The molecule has 0 spiro atoms. The number of benzene rings is 1. The van der Waals surface area contributed by atoms with Crippen molar-refractivity contribution in [3.63, 3.8) is 0 Å². The summed E-state index contributed by atoms with van der Waals surface area (Å²) in [5, 5.41) is 0. The Bertz CT molecular complexity index is 340. The Morgan fingerprint density at radius 3 is 3.12 bits per heavy atom. The topological polar surface area (TPSA) is 38.5 Å². The minimum absolute atomic E-state index is 0.347. The summed E-state index contributed by atoms with van der Waals surface area (Å²) in [4.78, 5) is 2.42. The number of nitrogens with two attached hydrogens (primary N) is 1. The zero-order valence-electron chi connectivity index (χ0n) is 9.86. The van der Waals surface area contributed by atoms with Crippen molar-refractivity contribution in [3.8, 4) is 5.75 Å². The van der Waals surface area contributed by atoms with Crippen LogP contribution < -0.4 is 10.5 Å². The predicted octanol–water partition coefficient (Wildman–Crippen LogP) is 1.62. The van der Waals surface area contributed by atoms with Crippen LogP contribution in [0, 0.1) is 0 Å². The molecule has 1 fully saturated rings. The Morgan fingerprint density at radius 2 is 2.38 bits per heavy atom. The second-order valence-electron chi connectivity index (χ2n) is 4.49. The van der Waals surface area contributed by atoms with Crippen LogP contribution in [0.1, 0.15) is 18.4 Å². The van der Waals surface area contributed by atoms with Crippen LogP contribution in [0.2, 0.25) is 0 Å². The molecule has 1 aliphatic rings. The lowest BCUT2D eigenvalue weighted by molar-refractivity contribution is 0.201. The van der Waals surface area contributed by atoms with E-state index in [-0.39, 0.29) is 0 Å². The molecule has 16 heavy (non-hydrogen) atoms. The standard InChI is InChI=1S/C13H20N2O/c1-16-13-6-2-4-11(8-13)9-15-7-3-5-12(14)10-15/h2,4,6,8,12H,3,5,7,9-10,14H2,1H3/t12-/m0/s1. The number of likely N-dealkylation sites (tertiary alicyclic amines) is 1. The van der Waals surface area contributed by atoms with Crippen molar-refractivity contribution in [2.24, 2.45) is 5.73 Å². The molecule has 0 aliphatic carbocycles. The largest absolute Gasteiger partial charge is 0.497 e. The third-order valence-corrected chi connectivity index (χ3v) is 3.08. The van der Waals surface area contributed by atoms with Crippen molar-refractivity contribution in [3.05, 3.63) is 29.8 Å².